The summed E-state index contributed by atoms with van der Waals surface area (Å²) in [5.74, 6) is -0.890. The van der Waals surface area contributed by atoms with Gasteiger partial charge in [0, 0.05) is 5.56 Å². The topological polar surface area (TPSA) is 127 Å². The number of esters is 2. The van der Waals surface area contributed by atoms with Gasteiger partial charge in [0.1, 0.15) is 17.0 Å². The monoisotopic (exact) mass is 545 g/mol. The molecule has 0 aliphatic rings. The van der Waals surface area contributed by atoms with Crippen LogP contribution in [0.15, 0.2) is 72.8 Å². The van der Waals surface area contributed by atoms with Crippen molar-refractivity contribution in [1.29, 1.82) is 0 Å². The van der Waals surface area contributed by atoms with Crippen LogP contribution in [0.5, 0.6) is 17.2 Å². The minimum Gasteiger partial charge on any atom is -0.495 e. The fourth-order valence-electron chi connectivity index (χ4n) is 3.97. The van der Waals surface area contributed by atoms with Crippen molar-refractivity contribution in [2.24, 2.45) is 0 Å². The minimum atomic E-state index is -0.773. The summed E-state index contributed by atoms with van der Waals surface area (Å²) in [7, 11) is 5.37. The van der Waals surface area contributed by atoms with E-state index in [0.717, 1.165) is 0 Å². The summed E-state index contributed by atoms with van der Waals surface area (Å²) < 4.78 is 27.7. The van der Waals surface area contributed by atoms with Crippen LogP contribution < -0.4 is 19.5 Å². The van der Waals surface area contributed by atoms with Crippen LogP contribution in [0.3, 0.4) is 0 Å². The van der Waals surface area contributed by atoms with Gasteiger partial charge in [-0.25, -0.2) is 14.3 Å². The number of para-hydroxylation sites is 3. The highest BCUT2D eigenvalue weighted by Crippen LogP contribution is 2.35. The molecule has 11 heteroatoms. The molecule has 0 unspecified atom stereocenters. The van der Waals surface area contributed by atoms with Crippen molar-refractivity contribution in [2.75, 3.05) is 40.4 Å². The van der Waals surface area contributed by atoms with Gasteiger partial charge in [-0.05, 0) is 42.5 Å². The van der Waals surface area contributed by atoms with E-state index in [0.29, 0.717) is 22.7 Å². The van der Waals surface area contributed by atoms with E-state index >= 15 is 0 Å². The molecule has 0 atom stereocenters. The van der Waals surface area contributed by atoms with Gasteiger partial charge in [-0.3, -0.25) is 4.79 Å². The van der Waals surface area contributed by atoms with Crippen LogP contribution in [0.2, 0.25) is 0 Å². The lowest BCUT2D eigenvalue weighted by molar-refractivity contribution is -0.118. The maximum Gasteiger partial charge on any atom is 0.357 e. The molecule has 206 valence electrons. The second kappa shape index (κ2) is 12.5. The Bertz CT molecular complexity index is 1530. The maximum atomic E-state index is 12.9. The standard InChI is InChI=1S/C29H27N3O8/c1-36-21-13-9-8-12-20(21)30-24(33)17-40-22-15-14-18(16-23(22)37-2)26-25(28(34)38-3)27(29(35)39-4)32(31-26)19-10-6-5-7-11-19/h5-16H,17H2,1-4H3,(H,30,33). The molecule has 1 N–H and O–H groups in total. The molecular weight excluding hydrogens is 518 g/mol. The lowest BCUT2D eigenvalue weighted by Crippen LogP contribution is -2.20. The van der Waals surface area contributed by atoms with E-state index in [1.54, 1.807) is 66.7 Å². The number of carbonyl (C=O) groups excluding carboxylic acids is 3. The average molecular weight is 546 g/mol. The minimum absolute atomic E-state index is 0.0786. The zero-order valence-corrected chi connectivity index (χ0v) is 22.3. The van der Waals surface area contributed by atoms with E-state index < -0.39 is 17.8 Å². The first-order chi connectivity index (χ1) is 19.4. The molecule has 0 saturated carbocycles. The van der Waals surface area contributed by atoms with Crippen LogP contribution in [-0.2, 0) is 14.3 Å². The maximum absolute atomic E-state index is 12.9. The van der Waals surface area contributed by atoms with Gasteiger partial charge in [0.15, 0.2) is 23.8 Å². The number of carbonyl (C=O) groups is 3. The summed E-state index contributed by atoms with van der Waals surface area (Å²) in [5.41, 5.74) is 1.46. The number of nitrogens with one attached hydrogen (secondary N) is 1. The summed E-state index contributed by atoms with van der Waals surface area (Å²) in [6, 6.07) is 20.6. The normalized spacial score (nSPS) is 10.4. The number of hydrogen-bond acceptors (Lipinski definition) is 9. The van der Waals surface area contributed by atoms with E-state index in [1.165, 1.54) is 33.1 Å². The zero-order valence-electron chi connectivity index (χ0n) is 22.3. The van der Waals surface area contributed by atoms with Crippen LogP contribution in [0.1, 0.15) is 20.8 Å². The summed E-state index contributed by atoms with van der Waals surface area (Å²) in [6.45, 7) is -0.309. The van der Waals surface area contributed by atoms with Gasteiger partial charge >= 0.3 is 11.9 Å². The van der Waals surface area contributed by atoms with Gasteiger partial charge in [0.2, 0.25) is 0 Å². The molecular formula is C29H27N3O8. The van der Waals surface area contributed by atoms with Crippen molar-refractivity contribution in [2.45, 2.75) is 0 Å². The Morgan fingerprint density at radius 2 is 1.45 bits per heavy atom. The van der Waals surface area contributed by atoms with Crippen LogP contribution in [0, 0.1) is 0 Å². The van der Waals surface area contributed by atoms with Crippen molar-refractivity contribution in [1.82, 2.24) is 9.78 Å². The summed E-state index contributed by atoms with van der Waals surface area (Å²) >= 11 is 0. The van der Waals surface area contributed by atoms with Gasteiger partial charge in [-0.2, -0.15) is 5.10 Å². The van der Waals surface area contributed by atoms with E-state index in [9.17, 15) is 14.4 Å². The molecule has 0 saturated heterocycles. The highest BCUT2D eigenvalue weighted by molar-refractivity contribution is 6.07. The summed E-state index contributed by atoms with van der Waals surface area (Å²) in [6.07, 6.45) is 0. The Balaban J connectivity index is 1.68. The molecule has 1 amide bonds. The Hall–Kier alpha value is -5.32. The number of benzene rings is 3. The molecule has 11 nitrogen and oxygen atoms in total. The first-order valence-electron chi connectivity index (χ1n) is 12.0. The van der Waals surface area contributed by atoms with E-state index in [-0.39, 0.29) is 35.1 Å². The van der Waals surface area contributed by atoms with Crippen molar-refractivity contribution in [3.8, 4) is 34.2 Å². The molecule has 0 fully saturated rings. The third-order valence-corrected chi connectivity index (χ3v) is 5.83. The van der Waals surface area contributed by atoms with Crippen molar-refractivity contribution in [3.63, 3.8) is 0 Å². The smallest absolute Gasteiger partial charge is 0.357 e. The third kappa shape index (κ3) is 5.73. The SMILES string of the molecule is COC(=O)c1c(-c2ccc(OCC(=O)Nc3ccccc3OC)c(OC)c2)nn(-c2ccccc2)c1C(=O)OC. The Labute approximate surface area is 230 Å². The lowest BCUT2D eigenvalue weighted by atomic mass is 10.0. The number of aromatic nitrogens is 2. The van der Waals surface area contributed by atoms with Crippen LogP contribution >= 0.6 is 0 Å². The van der Waals surface area contributed by atoms with Crippen molar-refractivity contribution in [3.05, 3.63) is 84.1 Å². The van der Waals surface area contributed by atoms with Crippen LogP contribution in [-0.4, -0.2) is 62.7 Å². The second-order valence-corrected chi connectivity index (χ2v) is 8.21. The van der Waals surface area contributed by atoms with Crippen molar-refractivity contribution < 1.29 is 38.1 Å². The molecule has 0 radical (unpaired) electrons. The molecule has 0 spiro atoms. The quantitative estimate of drug-likeness (QED) is 0.292. The molecule has 0 aliphatic carbocycles. The molecule has 0 bridgehead atoms. The van der Waals surface area contributed by atoms with Crippen LogP contribution in [0.25, 0.3) is 16.9 Å². The fraction of sp³-hybridized carbons (Fsp3) is 0.172. The predicted octanol–water partition coefficient (Wildman–Crippen LogP) is 4.15. The Morgan fingerprint density at radius 1 is 0.775 bits per heavy atom. The number of methoxy groups -OCH3 is 4. The fourth-order valence-corrected chi connectivity index (χ4v) is 3.97. The van der Waals surface area contributed by atoms with E-state index in [2.05, 4.69) is 10.4 Å². The summed E-state index contributed by atoms with van der Waals surface area (Å²) in [5, 5.41) is 7.31. The number of amides is 1. The largest absolute Gasteiger partial charge is 0.495 e. The van der Waals surface area contributed by atoms with Crippen molar-refractivity contribution >= 4 is 23.5 Å². The zero-order chi connectivity index (χ0) is 28.6. The molecule has 40 heavy (non-hydrogen) atoms. The molecule has 1 aromatic heterocycles. The van der Waals surface area contributed by atoms with Gasteiger partial charge in [0.05, 0.1) is 39.8 Å². The first-order valence-corrected chi connectivity index (χ1v) is 12.0. The summed E-state index contributed by atoms with van der Waals surface area (Å²) in [4.78, 5) is 38.2. The molecule has 4 rings (SSSR count). The lowest BCUT2D eigenvalue weighted by Gasteiger charge is -2.13. The van der Waals surface area contributed by atoms with Gasteiger partial charge in [0.25, 0.3) is 5.91 Å². The highest BCUT2D eigenvalue weighted by atomic mass is 16.5. The number of anilines is 1. The molecule has 0 aliphatic heterocycles. The van der Waals surface area contributed by atoms with Crippen LogP contribution in [0.4, 0.5) is 5.69 Å². The van der Waals surface area contributed by atoms with Gasteiger partial charge in [-0.1, -0.05) is 30.3 Å². The second-order valence-electron chi connectivity index (χ2n) is 8.21. The van der Waals surface area contributed by atoms with Gasteiger partial charge in [-0.15, -0.1) is 0 Å². The Morgan fingerprint density at radius 3 is 2.12 bits per heavy atom. The number of hydrogen-bond donors (Lipinski definition) is 1. The predicted molar refractivity (Wildman–Crippen MR) is 145 cm³/mol. The first kappa shape index (κ1) is 27.7. The molecule has 4 aromatic rings. The molecule has 1 heterocycles. The van der Waals surface area contributed by atoms with Gasteiger partial charge < -0.3 is 29.0 Å². The average Bonchev–Trinajstić information content (AvgIpc) is 3.40. The molecule has 3 aromatic carbocycles. The number of nitrogens with zero attached hydrogens (tertiary/aromatic N) is 2. The van der Waals surface area contributed by atoms with E-state index in [1.807, 2.05) is 6.07 Å². The third-order valence-electron chi connectivity index (χ3n) is 5.83. The van der Waals surface area contributed by atoms with E-state index in [4.69, 9.17) is 23.7 Å². The highest BCUT2D eigenvalue weighted by Gasteiger charge is 2.31. The number of ether oxygens (including phenoxy) is 5. The Kier molecular flexibility index (Phi) is 8.65. The number of rotatable bonds is 10.